The van der Waals surface area contributed by atoms with Gasteiger partial charge in [0.1, 0.15) is 0 Å². The highest BCUT2D eigenvalue weighted by molar-refractivity contribution is 5.76. The predicted molar refractivity (Wildman–Crippen MR) is 319 cm³/mol. The zero-order valence-electron chi connectivity index (χ0n) is 49.1. The summed E-state index contributed by atoms with van der Waals surface area (Å²) in [5, 5.41) is 23.2. The minimum absolute atomic E-state index is 0.00152. The fraction of sp³-hybridized carbons (Fsp3) is 0.881. The van der Waals surface area contributed by atoms with E-state index in [0.717, 1.165) is 51.4 Å². The summed E-state index contributed by atoms with van der Waals surface area (Å²) in [6.07, 6.45) is 79.1. The number of aliphatic hydroxyl groups is 2. The Morgan fingerprint density at radius 2 is 0.658 bits per heavy atom. The number of carbonyl (C=O) groups excluding carboxylic acids is 2. The van der Waals surface area contributed by atoms with Gasteiger partial charge in [0.15, 0.2) is 0 Å². The molecule has 0 heterocycles. The maximum absolute atomic E-state index is 12.5. The van der Waals surface area contributed by atoms with Gasteiger partial charge in [-0.05, 0) is 77.0 Å². The summed E-state index contributed by atoms with van der Waals surface area (Å²) in [7, 11) is 0. The van der Waals surface area contributed by atoms with Gasteiger partial charge in [-0.1, -0.05) is 301 Å². The zero-order chi connectivity index (χ0) is 52.9. The van der Waals surface area contributed by atoms with Crippen molar-refractivity contribution in [3.05, 3.63) is 36.5 Å². The fourth-order valence-corrected chi connectivity index (χ4v) is 10.1. The summed E-state index contributed by atoms with van der Waals surface area (Å²) in [4.78, 5) is 24.5. The van der Waals surface area contributed by atoms with Gasteiger partial charge in [-0.15, -0.1) is 0 Å². The molecule has 73 heavy (non-hydrogen) atoms. The summed E-state index contributed by atoms with van der Waals surface area (Å²) in [6, 6.07) is -0.634. The van der Waals surface area contributed by atoms with Gasteiger partial charge in [-0.2, -0.15) is 0 Å². The molecule has 6 nitrogen and oxygen atoms in total. The van der Waals surface area contributed by atoms with Crippen LogP contribution in [-0.4, -0.2) is 47.4 Å². The van der Waals surface area contributed by atoms with Crippen molar-refractivity contribution in [3.8, 4) is 0 Å². The molecule has 0 rings (SSSR count). The second kappa shape index (κ2) is 62.6. The zero-order valence-corrected chi connectivity index (χ0v) is 49.1. The molecule has 6 heteroatoms. The quantitative estimate of drug-likeness (QED) is 0.0320. The van der Waals surface area contributed by atoms with Gasteiger partial charge in [-0.3, -0.25) is 9.59 Å². The summed E-state index contributed by atoms with van der Waals surface area (Å²) in [5.74, 6) is -0.0735. The van der Waals surface area contributed by atoms with Crippen molar-refractivity contribution < 1.29 is 24.5 Å². The van der Waals surface area contributed by atoms with Gasteiger partial charge >= 0.3 is 5.97 Å². The number of ether oxygens (including phenoxy) is 1. The average Bonchev–Trinajstić information content (AvgIpc) is 3.39. The van der Waals surface area contributed by atoms with Crippen LogP contribution in [0, 0.1) is 0 Å². The highest BCUT2D eigenvalue weighted by Crippen LogP contribution is 2.18. The van der Waals surface area contributed by atoms with E-state index in [-0.39, 0.29) is 18.5 Å². The third-order valence-corrected chi connectivity index (χ3v) is 15.1. The Bertz CT molecular complexity index is 1180. The lowest BCUT2D eigenvalue weighted by atomic mass is 10.0. The molecule has 1 amide bonds. The highest BCUT2D eigenvalue weighted by atomic mass is 16.5. The first-order chi connectivity index (χ1) is 36.0. The van der Waals surface area contributed by atoms with Crippen LogP contribution >= 0.6 is 0 Å². The van der Waals surface area contributed by atoms with Crippen molar-refractivity contribution in [1.29, 1.82) is 0 Å². The lowest BCUT2D eigenvalue weighted by Crippen LogP contribution is -2.45. The Morgan fingerprint density at radius 3 is 1.01 bits per heavy atom. The topological polar surface area (TPSA) is 95.9 Å². The van der Waals surface area contributed by atoms with Gasteiger partial charge in [0.2, 0.25) is 5.91 Å². The second-order valence-electron chi connectivity index (χ2n) is 22.4. The lowest BCUT2D eigenvalue weighted by Gasteiger charge is -2.20. The molecule has 0 saturated carbocycles. The van der Waals surface area contributed by atoms with Crippen LogP contribution in [0.1, 0.15) is 354 Å². The van der Waals surface area contributed by atoms with E-state index in [4.69, 9.17) is 4.74 Å². The minimum atomic E-state index is -0.850. The van der Waals surface area contributed by atoms with Crippen LogP contribution in [0.3, 0.4) is 0 Å². The first-order valence-electron chi connectivity index (χ1n) is 32.8. The first kappa shape index (κ1) is 71.1. The van der Waals surface area contributed by atoms with Crippen molar-refractivity contribution in [2.75, 3.05) is 13.2 Å². The summed E-state index contributed by atoms with van der Waals surface area (Å²) >= 11 is 0. The van der Waals surface area contributed by atoms with E-state index in [0.29, 0.717) is 19.4 Å². The number of aliphatic hydroxyl groups excluding tert-OH is 2. The molecule has 0 radical (unpaired) electrons. The van der Waals surface area contributed by atoms with E-state index < -0.39 is 12.1 Å². The molecule has 0 saturated heterocycles. The third-order valence-electron chi connectivity index (χ3n) is 15.1. The Hall–Kier alpha value is -1.92. The Labute approximate surface area is 455 Å². The third kappa shape index (κ3) is 59.2. The number of allylic oxidation sites excluding steroid dienone is 5. The van der Waals surface area contributed by atoms with Crippen molar-refractivity contribution >= 4 is 11.9 Å². The molecule has 0 fully saturated rings. The normalized spacial score (nSPS) is 12.8. The van der Waals surface area contributed by atoms with E-state index in [1.807, 2.05) is 6.08 Å². The van der Waals surface area contributed by atoms with Gasteiger partial charge in [0, 0.05) is 12.8 Å². The number of hydrogen-bond donors (Lipinski definition) is 3. The van der Waals surface area contributed by atoms with Crippen LogP contribution in [0.4, 0.5) is 0 Å². The molecule has 0 spiro atoms. The number of hydrogen-bond acceptors (Lipinski definition) is 5. The standard InChI is InChI=1S/C67H127NO5/c1-3-5-7-9-11-13-15-16-17-18-19-20-21-24-27-30-33-36-40-43-47-51-55-59-65(70)64(63-69)68-66(71)60-56-52-48-44-41-37-34-31-28-25-22-23-26-29-32-35-38-42-46-50-54-58-62-73-67(72)61-57-53-49-45-39-14-12-10-8-6-4-2/h10,12,25,28,55,59,64-65,69-70H,3-9,11,13-24,26-27,29-54,56-58,60-63H2,1-2H3,(H,68,71)/b12-10-,28-25-,59-55+. The molecule has 0 bridgehead atoms. The van der Waals surface area contributed by atoms with Crippen LogP contribution in [0.15, 0.2) is 36.5 Å². The predicted octanol–water partition coefficient (Wildman–Crippen LogP) is 20.8. The number of rotatable bonds is 61. The first-order valence-corrected chi connectivity index (χ1v) is 32.8. The van der Waals surface area contributed by atoms with Crippen LogP contribution in [0.2, 0.25) is 0 Å². The molecule has 2 unspecified atom stereocenters. The fourth-order valence-electron chi connectivity index (χ4n) is 10.1. The van der Waals surface area contributed by atoms with E-state index in [1.54, 1.807) is 6.08 Å². The maximum atomic E-state index is 12.5. The van der Waals surface area contributed by atoms with Crippen molar-refractivity contribution in [1.82, 2.24) is 5.32 Å². The largest absolute Gasteiger partial charge is 0.466 e. The molecule has 0 aliphatic rings. The van der Waals surface area contributed by atoms with Gasteiger partial charge in [0.25, 0.3) is 0 Å². The minimum Gasteiger partial charge on any atom is -0.466 e. The molecule has 2 atom stereocenters. The molecule has 3 N–H and O–H groups in total. The number of esters is 1. The SMILES string of the molecule is CCCC/C=C\CCCCCCCC(=O)OCCCCCCCCCCCCC/C=C\CCCCCCCCCC(=O)NC(CO)C(O)/C=C/CCCCCCCCCCCCCCCCCCCCCCC. The highest BCUT2D eigenvalue weighted by Gasteiger charge is 2.18. The summed E-state index contributed by atoms with van der Waals surface area (Å²) < 4.78 is 5.46. The smallest absolute Gasteiger partial charge is 0.305 e. The van der Waals surface area contributed by atoms with Gasteiger partial charge in [-0.25, -0.2) is 0 Å². The molecule has 0 aliphatic carbocycles. The second-order valence-corrected chi connectivity index (χ2v) is 22.4. The number of carbonyl (C=O) groups is 2. The number of unbranched alkanes of at least 4 members (excludes halogenated alkanes) is 46. The average molecular weight is 1030 g/mol. The Kier molecular flexibility index (Phi) is 61.0. The van der Waals surface area contributed by atoms with Crippen LogP contribution in [0.25, 0.3) is 0 Å². The molecule has 0 aliphatic heterocycles. The maximum Gasteiger partial charge on any atom is 0.305 e. The van der Waals surface area contributed by atoms with Crippen molar-refractivity contribution in [2.24, 2.45) is 0 Å². The van der Waals surface area contributed by atoms with E-state index in [2.05, 4.69) is 43.5 Å². The van der Waals surface area contributed by atoms with Crippen LogP contribution < -0.4 is 5.32 Å². The van der Waals surface area contributed by atoms with E-state index in [1.165, 1.54) is 276 Å². The van der Waals surface area contributed by atoms with Crippen molar-refractivity contribution in [2.45, 2.75) is 366 Å². The Balaban J connectivity index is 3.46. The number of nitrogens with one attached hydrogen (secondary N) is 1. The molecule has 0 aromatic rings. The monoisotopic (exact) mass is 1030 g/mol. The lowest BCUT2D eigenvalue weighted by molar-refractivity contribution is -0.143. The van der Waals surface area contributed by atoms with Gasteiger partial charge in [0.05, 0.1) is 25.4 Å². The van der Waals surface area contributed by atoms with Crippen molar-refractivity contribution in [3.63, 3.8) is 0 Å². The summed E-state index contributed by atoms with van der Waals surface area (Å²) in [5.41, 5.74) is 0. The summed E-state index contributed by atoms with van der Waals surface area (Å²) in [6.45, 7) is 4.88. The Morgan fingerprint density at radius 1 is 0.370 bits per heavy atom. The van der Waals surface area contributed by atoms with E-state index >= 15 is 0 Å². The van der Waals surface area contributed by atoms with E-state index in [9.17, 15) is 19.8 Å². The van der Waals surface area contributed by atoms with Crippen LogP contribution in [0.5, 0.6) is 0 Å². The van der Waals surface area contributed by atoms with Crippen LogP contribution in [-0.2, 0) is 14.3 Å². The molecule has 0 aromatic carbocycles. The molecular formula is C67H127NO5. The molecule has 0 aromatic heterocycles. The molecular weight excluding hydrogens is 899 g/mol. The number of amides is 1. The van der Waals surface area contributed by atoms with Gasteiger partial charge < -0.3 is 20.3 Å². The molecule has 430 valence electrons.